The number of ether oxygens (including phenoxy) is 1. The number of piperidine rings is 1. The van der Waals surface area contributed by atoms with Gasteiger partial charge in [-0.2, -0.15) is 10.2 Å². The molecule has 197 valence electrons. The zero-order chi connectivity index (χ0) is 24.5. The first kappa shape index (κ1) is 26.1. The van der Waals surface area contributed by atoms with Crippen molar-refractivity contribution in [3.63, 3.8) is 0 Å². The van der Waals surface area contributed by atoms with E-state index < -0.39 is 11.8 Å². The topological polar surface area (TPSA) is 133 Å². The number of nitrogen functional groups attached to an aromatic ring is 1. The fourth-order valence-electron chi connectivity index (χ4n) is 5.19. The molecular formula is C24H32CuN8O3. The largest absolute Gasteiger partial charge is 0.383 e. The predicted molar refractivity (Wildman–Crippen MR) is 130 cm³/mol. The van der Waals surface area contributed by atoms with Crippen molar-refractivity contribution < 1.29 is 31.4 Å². The Morgan fingerprint density at radius 2 is 2.03 bits per heavy atom. The number of carbonyl (C=O) groups excluding carboxylic acids is 2. The fourth-order valence-corrected chi connectivity index (χ4v) is 5.19. The first-order valence-corrected chi connectivity index (χ1v) is 12.3. The molecule has 0 aliphatic carbocycles. The number of likely N-dealkylation sites (tertiary alicyclic amines) is 1. The van der Waals surface area contributed by atoms with Crippen molar-refractivity contribution in [2.24, 2.45) is 5.92 Å². The van der Waals surface area contributed by atoms with E-state index in [1.165, 1.54) is 6.20 Å². The Morgan fingerprint density at radius 1 is 1.19 bits per heavy atom. The maximum atomic E-state index is 13.5. The van der Waals surface area contributed by atoms with Gasteiger partial charge >= 0.3 is 11.8 Å². The van der Waals surface area contributed by atoms with Gasteiger partial charge in [-0.05, 0) is 51.0 Å². The summed E-state index contributed by atoms with van der Waals surface area (Å²) >= 11 is 0. The van der Waals surface area contributed by atoms with Gasteiger partial charge in [0.2, 0.25) is 0 Å². The quantitative estimate of drug-likeness (QED) is 0.382. The number of amides is 2. The third-order valence-corrected chi connectivity index (χ3v) is 7.00. The second kappa shape index (κ2) is 11.0. The van der Waals surface area contributed by atoms with Gasteiger partial charge in [0, 0.05) is 43.0 Å². The molecule has 0 aromatic carbocycles. The molecule has 5 rings (SSSR count). The molecule has 3 aromatic heterocycles. The van der Waals surface area contributed by atoms with Crippen molar-refractivity contribution in [2.45, 2.75) is 64.8 Å². The van der Waals surface area contributed by atoms with Crippen molar-refractivity contribution in [1.29, 1.82) is 0 Å². The number of aryl methyl sites for hydroxylation is 1. The molecule has 3 atom stereocenters. The number of carbonyl (C=O) groups is 2. The molecule has 1 radical (unpaired) electrons. The summed E-state index contributed by atoms with van der Waals surface area (Å²) in [4.78, 5) is 32.6. The first-order valence-electron chi connectivity index (χ1n) is 12.3. The third kappa shape index (κ3) is 4.85. The van der Waals surface area contributed by atoms with E-state index >= 15 is 0 Å². The van der Waals surface area contributed by atoms with Crippen LogP contribution in [-0.4, -0.2) is 54.4 Å². The summed E-state index contributed by atoms with van der Waals surface area (Å²) in [5.74, 6) is -0.674. The molecule has 3 aromatic rings. The number of pyridine rings is 1. The van der Waals surface area contributed by atoms with Crippen molar-refractivity contribution in [1.82, 2.24) is 29.4 Å². The van der Waals surface area contributed by atoms with E-state index in [1.54, 1.807) is 22.0 Å². The molecule has 0 spiro atoms. The Bertz CT molecular complexity index is 1240. The van der Waals surface area contributed by atoms with Gasteiger partial charge in [-0.3, -0.25) is 14.3 Å². The maximum absolute atomic E-state index is 13.5. The second-order valence-electron chi connectivity index (χ2n) is 9.41. The van der Waals surface area contributed by atoms with Gasteiger partial charge in [0.1, 0.15) is 11.3 Å². The Kier molecular flexibility index (Phi) is 7.97. The van der Waals surface area contributed by atoms with Gasteiger partial charge in [-0.15, -0.1) is 0 Å². The zero-order valence-corrected chi connectivity index (χ0v) is 21.4. The van der Waals surface area contributed by atoms with E-state index in [0.717, 1.165) is 37.8 Å². The molecule has 36 heavy (non-hydrogen) atoms. The van der Waals surface area contributed by atoms with Crippen LogP contribution in [0.5, 0.6) is 0 Å². The second-order valence-corrected chi connectivity index (χ2v) is 9.41. The van der Waals surface area contributed by atoms with Crippen molar-refractivity contribution in [2.75, 3.05) is 24.2 Å². The smallest absolute Gasteiger partial charge is 0.314 e. The molecule has 1 unspecified atom stereocenters. The molecule has 5 heterocycles. The molecule has 2 aliphatic rings. The monoisotopic (exact) mass is 543 g/mol. The summed E-state index contributed by atoms with van der Waals surface area (Å²) in [6, 6.07) is 1.73. The maximum Gasteiger partial charge on any atom is 0.314 e. The van der Waals surface area contributed by atoms with Crippen molar-refractivity contribution in [3.05, 3.63) is 30.4 Å². The summed E-state index contributed by atoms with van der Waals surface area (Å²) in [7, 11) is 0. The minimum absolute atomic E-state index is 0. The Morgan fingerprint density at radius 3 is 2.78 bits per heavy atom. The van der Waals surface area contributed by atoms with Gasteiger partial charge < -0.3 is 20.7 Å². The minimum atomic E-state index is -0.711. The molecule has 2 aliphatic heterocycles. The standard InChI is InChI=1S/C24H32N8O3.Cu/c1-3-31-19(9-10-27-31)18-8-7-15(2)14-30(18)24(34)23(33)29-17-13-26-22(25)16-12-28-32(21(16)17)20-6-4-5-11-35-20;/h9-10,12-13,15,18,20H,3-8,11,14H2,1-2H3,(H2,25,26)(H,29,33);/t15-,18-,20?;/m0./s1. The molecule has 0 saturated carbocycles. The van der Waals surface area contributed by atoms with Crippen LogP contribution < -0.4 is 11.1 Å². The van der Waals surface area contributed by atoms with Crippen LogP contribution in [0.4, 0.5) is 11.5 Å². The third-order valence-electron chi connectivity index (χ3n) is 7.00. The van der Waals surface area contributed by atoms with Crippen molar-refractivity contribution in [3.8, 4) is 0 Å². The van der Waals surface area contributed by atoms with Gasteiger partial charge in [-0.1, -0.05) is 6.92 Å². The molecule has 2 amide bonds. The Balaban J connectivity index is 0.00000304. The Labute approximate surface area is 220 Å². The number of nitrogens with two attached hydrogens (primary N) is 1. The molecule has 12 heteroatoms. The average Bonchev–Trinajstić information content (AvgIpc) is 3.54. The van der Waals surface area contributed by atoms with Gasteiger partial charge in [0.05, 0.1) is 35.2 Å². The number of anilines is 2. The van der Waals surface area contributed by atoms with Gasteiger partial charge in [-0.25, -0.2) is 9.67 Å². The Hall–Kier alpha value is -2.95. The summed E-state index contributed by atoms with van der Waals surface area (Å²) in [5, 5.41) is 12.2. The number of nitrogens with zero attached hydrogens (tertiary/aromatic N) is 6. The average molecular weight is 544 g/mol. The van der Waals surface area contributed by atoms with Crippen LogP contribution in [0.2, 0.25) is 0 Å². The first-order chi connectivity index (χ1) is 17.0. The van der Waals surface area contributed by atoms with Crippen molar-refractivity contribution >= 4 is 34.2 Å². The molecule has 2 saturated heterocycles. The molecule has 0 bridgehead atoms. The predicted octanol–water partition coefficient (Wildman–Crippen LogP) is 2.86. The van der Waals surface area contributed by atoms with E-state index in [9.17, 15) is 9.59 Å². The number of fused-ring (bicyclic) bond motifs is 1. The molecule has 3 N–H and O–H groups in total. The van der Waals surface area contributed by atoms with E-state index in [-0.39, 0.29) is 29.3 Å². The van der Waals surface area contributed by atoms with Crippen LogP contribution in [0, 0.1) is 5.92 Å². The van der Waals surface area contributed by atoms with Crippen LogP contribution in [0.3, 0.4) is 0 Å². The molecule has 2 fully saturated rings. The molecule has 11 nitrogen and oxygen atoms in total. The SMILES string of the molecule is CCn1nccc1[C@@H]1CC[C@H](C)CN1C(=O)C(=O)Nc1cnc(N)c2cnn(C3CCCCO3)c12.[Cu]. The van der Waals surface area contributed by atoms with Crippen LogP contribution in [0.1, 0.15) is 63.9 Å². The summed E-state index contributed by atoms with van der Waals surface area (Å²) in [6.07, 6.45) is 9.19. The number of hydrogen-bond donors (Lipinski definition) is 2. The zero-order valence-electron chi connectivity index (χ0n) is 20.5. The summed E-state index contributed by atoms with van der Waals surface area (Å²) in [6.45, 7) is 5.97. The van der Waals surface area contributed by atoms with Gasteiger partial charge in [0.25, 0.3) is 0 Å². The number of aromatic nitrogens is 5. The molecular weight excluding hydrogens is 512 g/mol. The van der Waals surface area contributed by atoms with Crippen LogP contribution >= 0.6 is 0 Å². The number of hydrogen-bond acceptors (Lipinski definition) is 7. The number of rotatable bonds is 4. The van der Waals surface area contributed by atoms with E-state index in [1.807, 2.05) is 17.7 Å². The van der Waals surface area contributed by atoms with Crippen LogP contribution in [0.15, 0.2) is 24.7 Å². The summed E-state index contributed by atoms with van der Waals surface area (Å²) in [5.41, 5.74) is 8.04. The van der Waals surface area contributed by atoms with Crippen LogP contribution in [-0.2, 0) is 37.9 Å². The van der Waals surface area contributed by atoms with E-state index in [2.05, 4.69) is 27.4 Å². The van der Waals surface area contributed by atoms with Gasteiger partial charge in [0.15, 0.2) is 6.23 Å². The van der Waals surface area contributed by atoms with E-state index in [0.29, 0.717) is 48.0 Å². The van der Waals surface area contributed by atoms with Crippen LogP contribution in [0.25, 0.3) is 10.9 Å². The minimum Gasteiger partial charge on any atom is -0.383 e. The number of nitrogens with one attached hydrogen (secondary N) is 1. The normalized spacial score (nSPS) is 22.3. The van der Waals surface area contributed by atoms with E-state index in [4.69, 9.17) is 10.5 Å². The summed E-state index contributed by atoms with van der Waals surface area (Å²) < 4.78 is 9.52. The fraction of sp³-hybridized carbons (Fsp3) is 0.542.